The topological polar surface area (TPSA) is 164 Å². The summed E-state index contributed by atoms with van der Waals surface area (Å²) in [5.74, 6) is -2.30. The van der Waals surface area contributed by atoms with Crippen molar-refractivity contribution in [1.29, 1.82) is 10.7 Å². The van der Waals surface area contributed by atoms with Crippen molar-refractivity contribution in [3.05, 3.63) is 29.8 Å². The molecule has 21 heavy (non-hydrogen) atoms. The molecular formula is C12H12N6O3. The third-order valence-corrected chi connectivity index (χ3v) is 2.22. The van der Waals surface area contributed by atoms with Gasteiger partial charge >= 0.3 is 5.97 Å². The number of carbonyl (C=O) groups excluding carboxylic acids is 1. The highest BCUT2D eigenvalue weighted by molar-refractivity contribution is 6.45. The van der Waals surface area contributed by atoms with Crippen LogP contribution in [0.15, 0.2) is 29.4 Å². The number of anilines is 1. The molecule has 0 unspecified atom stereocenters. The van der Waals surface area contributed by atoms with E-state index in [1.54, 1.807) is 18.2 Å². The molecule has 9 heteroatoms. The number of hydrogen-bond donors (Lipinski definition) is 5. The van der Waals surface area contributed by atoms with Gasteiger partial charge in [-0.15, -0.1) is 0 Å². The number of carboxylic acids is 1. The number of nitriles is 1. The molecular weight excluding hydrogens is 276 g/mol. The second-order valence-corrected chi connectivity index (χ2v) is 3.72. The number of carboxylic acid groups (broad SMARTS) is 1. The molecule has 0 bridgehead atoms. The molecule has 0 saturated carbocycles. The quantitative estimate of drug-likeness (QED) is 0.274. The summed E-state index contributed by atoms with van der Waals surface area (Å²) in [5.41, 5.74) is 7.64. The first-order chi connectivity index (χ1) is 9.95. The van der Waals surface area contributed by atoms with E-state index in [0.29, 0.717) is 0 Å². The molecule has 1 aromatic carbocycles. The molecule has 1 aromatic rings. The zero-order chi connectivity index (χ0) is 15.8. The summed E-state index contributed by atoms with van der Waals surface area (Å²) in [6.07, 6.45) is 0. The lowest BCUT2D eigenvalue weighted by atomic mass is 10.1. The number of nitrogens with zero attached hydrogens (tertiary/aromatic N) is 2. The SMILES string of the molecule is N#C/C(=N\Nc1ccccc1C(=O)NCC(=O)O)C(=N)N. The Labute approximate surface area is 119 Å². The second kappa shape index (κ2) is 7.25. The number of para-hydroxylation sites is 1. The Morgan fingerprint density at radius 2 is 2.10 bits per heavy atom. The molecule has 0 aliphatic heterocycles. The van der Waals surface area contributed by atoms with Gasteiger partial charge in [0.05, 0.1) is 11.3 Å². The maximum atomic E-state index is 11.8. The minimum atomic E-state index is -1.17. The first-order valence-corrected chi connectivity index (χ1v) is 5.63. The van der Waals surface area contributed by atoms with Gasteiger partial charge in [-0.1, -0.05) is 12.1 Å². The fourth-order valence-corrected chi connectivity index (χ4v) is 1.29. The van der Waals surface area contributed by atoms with Crippen LogP contribution >= 0.6 is 0 Å². The highest BCUT2D eigenvalue weighted by atomic mass is 16.4. The van der Waals surface area contributed by atoms with E-state index < -0.39 is 24.3 Å². The van der Waals surface area contributed by atoms with Crippen molar-refractivity contribution in [3.63, 3.8) is 0 Å². The van der Waals surface area contributed by atoms with Crippen molar-refractivity contribution in [2.24, 2.45) is 10.8 Å². The van der Waals surface area contributed by atoms with Gasteiger partial charge < -0.3 is 16.2 Å². The van der Waals surface area contributed by atoms with Crippen LogP contribution in [0.3, 0.4) is 0 Å². The third-order valence-electron chi connectivity index (χ3n) is 2.22. The lowest BCUT2D eigenvalue weighted by molar-refractivity contribution is -0.135. The minimum absolute atomic E-state index is 0.142. The molecule has 0 aliphatic carbocycles. The van der Waals surface area contributed by atoms with Crippen molar-refractivity contribution < 1.29 is 14.7 Å². The van der Waals surface area contributed by atoms with Crippen LogP contribution < -0.4 is 16.5 Å². The molecule has 6 N–H and O–H groups in total. The van der Waals surface area contributed by atoms with E-state index in [-0.39, 0.29) is 17.0 Å². The van der Waals surface area contributed by atoms with Gasteiger partial charge in [-0.05, 0) is 12.1 Å². The Balaban J connectivity index is 2.95. The zero-order valence-electron chi connectivity index (χ0n) is 10.8. The lowest BCUT2D eigenvalue weighted by Gasteiger charge is -2.08. The van der Waals surface area contributed by atoms with E-state index in [4.69, 9.17) is 21.5 Å². The van der Waals surface area contributed by atoms with Gasteiger partial charge in [0.25, 0.3) is 5.91 Å². The van der Waals surface area contributed by atoms with Crippen LogP contribution in [-0.4, -0.2) is 35.1 Å². The number of nitrogens with one attached hydrogen (secondary N) is 3. The number of amides is 1. The van der Waals surface area contributed by atoms with Crippen LogP contribution in [0.4, 0.5) is 5.69 Å². The zero-order valence-corrected chi connectivity index (χ0v) is 10.8. The number of benzene rings is 1. The molecule has 9 nitrogen and oxygen atoms in total. The molecule has 0 saturated heterocycles. The fourth-order valence-electron chi connectivity index (χ4n) is 1.29. The standard InChI is InChI=1S/C12H12N6O3/c13-5-9(11(14)15)18-17-8-4-2-1-3-7(8)12(21)16-6-10(19)20/h1-4,17H,6H2,(H3,14,15)(H,16,21)(H,19,20)/b18-9+. The van der Waals surface area contributed by atoms with Crippen molar-refractivity contribution in [3.8, 4) is 6.07 Å². The van der Waals surface area contributed by atoms with Crippen LogP contribution in [0.2, 0.25) is 0 Å². The smallest absolute Gasteiger partial charge is 0.322 e. The van der Waals surface area contributed by atoms with Gasteiger partial charge in [-0.2, -0.15) is 10.4 Å². The second-order valence-electron chi connectivity index (χ2n) is 3.72. The summed E-state index contributed by atoms with van der Waals surface area (Å²) in [4.78, 5) is 22.2. The Bertz CT molecular complexity index is 647. The summed E-state index contributed by atoms with van der Waals surface area (Å²) in [6.45, 7) is -0.521. The van der Waals surface area contributed by atoms with E-state index in [9.17, 15) is 9.59 Å². The van der Waals surface area contributed by atoms with E-state index in [2.05, 4.69) is 15.8 Å². The van der Waals surface area contributed by atoms with Crippen LogP contribution in [0.25, 0.3) is 0 Å². The van der Waals surface area contributed by atoms with Crippen LogP contribution in [0, 0.1) is 16.7 Å². The third kappa shape index (κ3) is 4.64. The largest absolute Gasteiger partial charge is 0.480 e. The number of nitrogens with two attached hydrogens (primary N) is 1. The highest BCUT2D eigenvalue weighted by Crippen LogP contribution is 2.14. The average Bonchev–Trinajstić information content (AvgIpc) is 2.45. The molecule has 0 spiro atoms. The molecule has 108 valence electrons. The first kappa shape index (κ1) is 15.6. The molecule has 0 heterocycles. The number of rotatable bonds is 6. The Kier molecular flexibility index (Phi) is 5.40. The molecule has 0 radical (unpaired) electrons. The molecule has 1 rings (SSSR count). The molecule has 0 aliphatic rings. The number of hydrazone groups is 1. The summed E-state index contributed by atoms with van der Waals surface area (Å²) < 4.78 is 0. The summed E-state index contributed by atoms with van der Waals surface area (Å²) in [5, 5.41) is 30.2. The van der Waals surface area contributed by atoms with Crippen molar-refractivity contribution in [1.82, 2.24) is 5.32 Å². The highest BCUT2D eigenvalue weighted by Gasteiger charge is 2.12. The number of carbonyl (C=O) groups is 2. The molecule has 0 fully saturated rings. The van der Waals surface area contributed by atoms with Crippen molar-refractivity contribution in [2.75, 3.05) is 12.0 Å². The van der Waals surface area contributed by atoms with Gasteiger partial charge in [0.1, 0.15) is 12.6 Å². The van der Waals surface area contributed by atoms with E-state index in [1.165, 1.54) is 12.1 Å². The first-order valence-electron chi connectivity index (χ1n) is 5.63. The predicted octanol–water partition coefficient (Wildman–Crippen LogP) is -0.272. The van der Waals surface area contributed by atoms with E-state index >= 15 is 0 Å². The maximum Gasteiger partial charge on any atom is 0.322 e. The maximum absolute atomic E-state index is 11.8. The van der Waals surface area contributed by atoms with E-state index in [1.807, 2.05) is 0 Å². The fraction of sp³-hybridized carbons (Fsp3) is 0.0833. The molecule has 0 atom stereocenters. The Morgan fingerprint density at radius 1 is 1.43 bits per heavy atom. The number of hydrogen-bond acceptors (Lipinski definition) is 6. The minimum Gasteiger partial charge on any atom is -0.480 e. The van der Waals surface area contributed by atoms with Gasteiger partial charge in [-0.3, -0.25) is 20.4 Å². The number of aliphatic carboxylic acids is 1. The van der Waals surface area contributed by atoms with Crippen molar-refractivity contribution in [2.45, 2.75) is 0 Å². The Hall–Kier alpha value is -3.41. The summed E-state index contributed by atoms with van der Waals surface area (Å²) in [7, 11) is 0. The van der Waals surface area contributed by atoms with Gasteiger partial charge in [0.15, 0.2) is 5.84 Å². The Morgan fingerprint density at radius 3 is 2.67 bits per heavy atom. The molecule has 1 amide bonds. The van der Waals surface area contributed by atoms with Crippen molar-refractivity contribution >= 4 is 29.1 Å². The predicted molar refractivity (Wildman–Crippen MR) is 75.0 cm³/mol. The van der Waals surface area contributed by atoms with Crippen LogP contribution in [0.1, 0.15) is 10.4 Å². The molecule has 0 aromatic heterocycles. The van der Waals surface area contributed by atoms with Gasteiger partial charge in [0, 0.05) is 0 Å². The van der Waals surface area contributed by atoms with Crippen LogP contribution in [-0.2, 0) is 4.79 Å². The monoisotopic (exact) mass is 288 g/mol. The van der Waals surface area contributed by atoms with Gasteiger partial charge in [0.2, 0.25) is 5.71 Å². The van der Waals surface area contributed by atoms with E-state index in [0.717, 1.165) is 0 Å². The van der Waals surface area contributed by atoms with Crippen LogP contribution in [0.5, 0.6) is 0 Å². The average molecular weight is 288 g/mol. The lowest BCUT2D eigenvalue weighted by Crippen LogP contribution is -2.29. The number of amidine groups is 1. The van der Waals surface area contributed by atoms with Gasteiger partial charge in [-0.25, -0.2) is 0 Å². The normalized spacial score (nSPS) is 10.3. The summed E-state index contributed by atoms with van der Waals surface area (Å²) in [6, 6.07) is 7.78. The summed E-state index contributed by atoms with van der Waals surface area (Å²) >= 11 is 0.